The summed E-state index contributed by atoms with van der Waals surface area (Å²) < 4.78 is 9.01. The molecular weight excluding hydrogens is 901 g/mol. The van der Waals surface area contributed by atoms with Crippen molar-refractivity contribution in [2.75, 3.05) is 0 Å². The third-order valence-corrected chi connectivity index (χ3v) is 17.4. The Morgan fingerprint density at radius 2 is 1.03 bits per heavy atom. The molecule has 71 heavy (non-hydrogen) atoms. The first-order valence-corrected chi connectivity index (χ1v) is 26.0. The quantitative estimate of drug-likeness (QED) is 0.167. The van der Waals surface area contributed by atoms with Gasteiger partial charge in [0, 0.05) is 84.5 Å². The van der Waals surface area contributed by atoms with E-state index >= 15 is 0 Å². The summed E-state index contributed by atoms with van der Waals surface area (Å²) in [4.78, 5) is 12.3. The van der Waals surface area contributed by atoms with Crippen LogP contribution in [-0.2, 0) is 0 Å². The van der Waals surface area contributed by atoms with E-state index in [1.807, 2.05) is 28.7 Å². The molecule has 14 aromatic rings. The van der Waals surface area contributed by atoms with Crippen molar-refractivity contribution in [3.8, 4) is 56.4 Å². The molecule has 0 N–H and O–H groups in total. The number of hydrogen-bond donors (Lipinski definition) is 0. The highest BCUT2D eigenvalue weighted by Crippen LogP contribution is 2.50. The monoisotopic (exact) mass is 942 g/mol. The van der Waals surface area contributed by atoms with Gasteiger partial charge in [-0.05, 0) is 66.4 Å². The van der Waals surface area contributed by atoms with E-state index < -0.39 is 0 Å². The number of rotatable bonds is 6. The number of thiophene rings is 2. The van der Waals surface area contributed by atoms with Crippen LogP contribution in [0.5, 0.6) is 0 Å². The molecule has 5 aromatic heterocycles. The van der Waals surface area contributed by atoms with Gasteiger partial charge >= 0.3 is 0 Å². The summed E-state index contributed by atoms with van der Waals surface area (Å²) >= 11 is 3.87. The maximum absolute atomic E-state index is 5.53. The average Bonchev–Trinajstić information content (AvgIpc) is 4.19. The first-order valence-electron chi connectivity index (χ1n) is 24.4. The van der Waals surface area contributed by atoms with Crippen molar-refractivity contribution in [1.82, 2.24) is 19.1 Å². The summed E-state index contributed by atoms with van der Waals surface area (Å²) in [7, 11) is 0. The van der Waals surface area contributed by atoms with E-state index in [2.05, 4.69) is 228 Å². The van der Waals surface area contributed by atoms with E-state index in [1.165, 1.54) is 78.8 Å². The maximum Gasteiger partial charge on any atom is 0.160 e. The fourth-order valence-corrected chi connectivity index (χ4v) is 14.3. The molecule has 0 bridgehead atoms. The molecule has 0 saturated heterocycles. The third kappa shape index (κ3) is 6.08. The van der Waals surface area contributed by atoms with Crippen LogP contribution in [0, 0.1) is 0 Å². The van der Waals surface area contributed by atoms with Gasteiger partial charge in [0.2, 0.25) is 0 Å². The maximum atomic E-state index is 5.53. The summed E-state index contributed by atoms with van der Waals surface area (Å²) in [5.74, 6) is 1.18. The van der Waals surface area contributed by atoms with Crippen LogP contribution < -0.4 is 0 Å². The van der Waals surface area contributed by atoms with Gasteiger partial charge in [0.1, 0.15) is 0 Å². The molecule has 0 fully saturated rings. The van der Waals surface area contributed by atoms with Gasteiger partial charge in [-0.1, -0.05) is 177 Å². The second kappa shape index (κ2) is 15.8. The van der Waals surface area contributed by atoms with E-state index in [0.29, 0.717) is 11.7 Å². The van der Waals surface area contributed by atoms with Crippen molar-refractivity contribution < 1.29 is 0 Å². The van der Waals surface area contributed by atoms with Crippen LogP contribution in [0.1, 0.15) is 29.7 Å². The van der Waals surface area contributed by atoms with Gasteiger partial charge in [-0.3, -0.25) is 0 Å². The number of nitrogens with zero attached hydrogens (tertiary/aromatic N) is 4. The van der Waals surface area contributed by atoms with Gasteiger partial charge < -0.3 is 9.13 Å². The molecule has 0 aliphatic heterocycles. The molecule has 15 rings (SSSR count). The van der Waals surface area contributed by atoms with Gasteiger partial charge in [-0.25, -0.2) is 9.97 Å². The molecule has 1 aliphatic carbocycles. The third-order valence-electron chi connectivity index (χ3n) is 14.8. The second-order valence-electron chi connectivity index (χ2n) is 18.8. The molecule has 0 amide bonds. The molecule has 1 aliphatic rings. The molecular formula is C65H42N4S2. The van der Waals surface area contributed by atoms with Crippen molar-refractivity contribution in [1.29, 1.82) is 0 Å². The Morgan fingerprint density at radius 3 is 1.79 bits per heavy atom. The summed E-state index contributed by atoms with van der Waals surface area (Å²) in [5.41, 5.74) is 15.2. The van der Waals surface area contributed by atoms with Crippen molar-refractivity contribution in [3.05, 3.63) is 223 Å². The minimum atomic E-state index is 0.494. The molecule has 1 atom stereocenters. The topological polar surface area (TPSA) is 35.6 Å². The highest BCUT2D eigenvalue weighted by atomic mass is 32.1. The number of benzene rings is 9. The summed E-state index contributed by atoms with van der Waals surface area (Å²) in [5, 5.41) is 9.02. The van der Waals surface area contributed by atoms with Gasteiger partial charge in [0.15, 0.2) is 5.82 Å². The molecule has 0 spiro atoms. The lowest BCUT2D eigenvalue weighted by Crippen LogP contribution is -2.04. The summed E-state index contributed by atoms with van der Waals surface area (Å²) in [6.45, 7) is 2.37. The minimum absolute atomic E-state index is 0.494. The Hall–Kier alpha value is -8.42. The predicted octanol–water partition coefficient (Wildman–Crippen LogP) is 18.4. The lowest BCUT2D eigenvalue weighted by Gasteiger charge is -2.22. The van der Waals surface area contributed by atoms with Crippen molar-refractivity contribution >= 4 is 103 Å². The van der Waals surface area contributed by atoms with Crippen LogP contribution >= 0.6 is 22.7 Å². The van der Waals surface area contributed by atoms with Crippen molar-refractivity contribution in [2.45, 2.75) is 19.3 Å². The molecule has 334 valence electrons. The molecule has 9 aromatic carbocycles. The summed E-state index contributed by atoms with van der Waals surface area (Å²) in [6.07, 6.45) is 5.78. The van der Waals surface area contributed by atoms with Crippen molar-refractivity contribution in [2.24, 2.45) is 0 Å². The summed E-state index contributed by atoms with van der Waals surface area (Å²) in [6, 6.07) is 75.1. The molecule has 0 radical (unpaired) electrons. The normalized spacial score (nSPS) is 13.7. The fourth-order valence-electron chi connectivity index (χ4n) is 11.6. The minimum Gasteiger partial charge on any atom is -0.309 e. The molecule has 4 nitrogen and oxygen atoms in total. The Balaban J connectivity index is 1.07. The van der Waals surface area contributed by atoms with Crippen LogP contribution in [0.15, 0.2) is 212 Å². The van der Waals surface area contributed by atoms with Crippen LogP contribution in [0.2, 0.25) is 0 Å². The highest BCUT2D eigenvalue weighted by molar-refractivity contribution is 7.26. The van der Waals surface area contributed by atoms with E-state index in [-0.39, 0.29) is 0 Å². The van der Waals surface area contributed by atoms with Crippen LogP contribution in [0.3, 0.4) is 0 Å². The average molecular weight is 943 g/mol. The molecule has 6 heteroatoms. The standard InChI is InChI=1S/C65H42N4S2/c1-39-18-16-27-43-45-35-37-56-61(64(45)71-62(39)43)48-25-9-13-30-53(48)68(56)52-29-12-8-24-47(52)59-46(51-38-50(40-19-4-2-5-20-40)66-65(67-51)41-21-6-3-7-22-41)28-17-32-55(59)69-54-31-14-10-26-49(54)60-57(69)36-34-44-42-23-11-15-33-58(42)70-63(44)60/h2-17,19-39H,18H2,1H3. The SMILES string of the molecule is CC1CC=Cc2c1sc1c2ccc2c1c1ccccc1n2-c1ccccc1-c1c(-c2cc(-c3ccccc3)nc(-c3ccccc3)n2)cccc1-n1c2ccccc2c2c3sc4ccccc4c3ccc21. The van der Waals surface area contributed by atoms with Crippen molar-refractivity contribution in [3.63, 3.8) is 0 Å². The fraction of sp³-hybridized carbons (Fsp3) is 0.0462. The molecule has 1 unspecified atom stereocenters. The first kappa shape index (κ1) is 40.5. The Kier molecular flexibility index (Phi) is 9.01. The Morgan fingerprint density at radius 1 is 0.451 bits per heavy atom. The number of allylic oxidation sites excluding steroid dienone is 1. The van der Waals surface area contributed by atoms with Gasteiger partial charge in [-0.15, -0.1) is 22.7 Å². The number of aromatic nitrogens is 4. The van der Waals surface area contributed by atoms with Gasteiger partial charge in [-0.2, -0.15) is 0 Å². The van der Waals surface area contributed by atoms with Gasteiger partial charge in [0.25, 0.3) is 0 Å². The molecule has 0 saturated carbocycles. The zero-order chi connectivity index (χ0) is 46.7. The lowest BCUT2D eigenvalue weighted by atomic mass is 9.93. The zero-order valence-corrected chi connectivity index (χ0v) is 40.3. The Bertz CT molecular complexity index is 4450. The van der Waals surface area contributed by atoms with E-state index in [9.17, 15) is 0 Å². The van der Waals surface area contributed by atoms with Gasteiger partial charge in [0.05, 0.1) is 44.8 Å². The molecule has 5 heterocycles. The van der Waals surface area contributed by atoms with Crippen LogP contribution in [-0.4, -0.2) is 19.1 Å². The zero-order valence-electron chi connectivity index (χ0n) is 38.7. The largest absolute Gasteiger partial charge is 0.309 e. The Labute approximate surface area is 417 Å². The first-order chi connectivity index (χ1) is 35.2. The highest BCUT2D eigenvalue weighted by Gasteiger charge is 2.27. The smallest absolute Gasteiger partial charge is 0.160 e. The number of fused-ring (bicyclic) bond motifs is 14. The van der Waals surface area contributed by atoms with Crippen LogP contribution in [0.4, 0.5) is 0 Å². The van der Waals surface area contributed by atoms with E-state index in [1.54, 1.807) is 0 Å². The predicted molar refractivity (Wildman–Crippen MR) is 303 cm³/mol. The lowest BCUT2D eigenvalue weighted by molar-refractivity contribution is 0.791. The second-order valence-corrected chi connectivity index (χ2v) is 20.9. The van der Waals surface area contributed by atoms with Crippen LogP contribution in [0.25, 0.3) is 136 Å². The van der Waals surface area contributed by atoms with E-state index in [4.69, 9.17) is 9.97 Å². The number of para-hydroxylation sites is 3. The number of hydrogen-bond acceptors (Lipinski definition) is 4. The van der Waals surface area contributed by atoms with E-state index in [0.717, 1.165) is 62.5 Å².